The third kappa shape index (κ3) is 5.32. The minimum absolute atomic E-state index is 0.0280. The molecule has 0 unspecified atom stereocenters. The van der Waals surface area contributed by atoms with Crippen molar-refractivity contribution in [2.45, 2.75) is 18.4 Å². The molecule has 3 aromatic carbocycles. The molecule has 6 nitrogen and oxygen atoms in total. The molecular weight excluding hydrogens is 465 g/mol. The number of amides is 2. The fourth-order valence-electron chi connectivity index (χ4n) is 3.10. The summed E-state index contributed by atoms with van der Waals surface area (Å²) in [4.78, 5) is 26.4. The van der Waals surface area contributed by atoms with Gasteiger partial charge in [-0.05, 0) is 72.3 Å². The van der Waals surface area contributed by atoms with E-state index in [0.29, 0.717) is 11.1 Å². The number of benzene rings is 3. The van der Waals surface area contributed by atoms with Crippen molar-refractivity contribution in [1.82, 2.24) is 4.90 Å². The van der Waals surface area contributed by atoms with Gasteiger partial charge in [0.1, 0.15) is 16.5 Å². The summed E-state index contributed by atoms with van der Waals surface area (Å²) in [7, 11) is -4.02. The van der Waals surface area contributed by atoms with Crippen molar-refractivity contribution in [1.29, 1.82) is 0 Å². The molecule has 4 rings (SSSR count). The number of imide groups is 1. The van der Waals surface area contributed by atoms with Gasteiger partial charge in [-0.1, -0.05) is 42.0 Å². The third-order valence-corrected chi connectivity index (χ3v) is 6.97. The summed E-state index contributed by atoms with van der Waals surface area (Å²) in [6.07, 6.45) is 1.50. The van der Waals surface area contributed by atoms with Gasteiger partial charge in [0.05, 0.1) is 11.4 Å². The second-order valence-corrected chi connectivity index (χ2v) is 9.86. The maximum atomic E-state index is 13.1. The highest BCUT2D eigenvalue weighted by atomic mass is 32.2. The zero-order valence-electron chi connectivity index (χ0n) is 17.4. The highest BCUT2D eigenvalue weighted by Crippen LogP contribution is 2.34. The summed E-state index contributed by atoms with van der Waals surface area (Å²) in [6.45, 7) is 1.88. The van der Waals surface area contributed by atoms with Crippen molar-refractivity contribution < 1.29 is 26.6 Å². The van der Waals surface area contributed by atoms with Crippen molar-refractivity contribution in [3.05, 3.63) is 100 Å². The molecule has 0 aromatic heterocycles. The summed E-state index contributed by atoms with van der Waals surface area (Å²) in [5, 5.41) is -0.440. The summed E-state index contributed by atoms with van der Waals surface area (Å²) in [5.41, 5.74) is 2.04. The highest BCUT2D eigenvalue weighted by Gasteiger charge is 2.35. The Morgan fingerprint density at radius 1 is 1.00 bits per heavy atom. The number of hydrogen-bond donors (Lipinski definition) is 0. The van der Waals surface area contributed by atoms with E-state index in [0.717, 1.165) is 22.2 Å². The Balaban J connectivity index is 1.52. The van der Waals surface area contributed by atoms with Gasteiger partial charge in [-0.3, -0.25) is 14.5 Å². The smallest absolute Gasteiger partial charge is 0.339 e. The molecule has 0 bridgehead atoms. The van der Waals surface area contributed by atoms with E-state index in [1.807, 2.05) is 6.92 Å². The maximum absolute atomic E-state index is 13.1. The molecule has 168 valence electrons. The lowest BCUT2D eigenvalue weighted by molar-refractivity contribution is -0.123. The predicted octanol–water partition coefficient (Wildman–Crippen LogP) is 5.14. The van der Waals surface area contributed by atoms with Crippen LogP contribution in [0.3, 0.4) is 0 Å². The topological polar surface area (TPSA) is 80.8 Å². The summed E-state index contributed by atoms with van der Waals surface area (Å²) in [5.74, 6) is -0.804. The average molecular weight is 484 g/mol. The highest BCUT2D eigenvalue weighted by molar-refractivity contribution is 8.18. The lowest BCUT2D eigenvalue weighted by Crippen LogP contribution is -2.27. The maximum Gasteiger partial charge on any atom is 0.339 e. The largest absolute Gasteiger partial charge is 0.379 e. The van der Waals surface area contributed by atoms with Crippen molar-refractivity contribution >= 4 is 39.1 Å². The van der Waals surface area contributed by atoms with Gasteiger partial charge in [0, 0.05) is 0 Å². The zero-order valence-corrected chi connectivity index (χ0v) is 19.0. The van der Waals surface area contributed by atoms with Crippen LogP contribution in [0.4, 0.5) is 9.18 Å². The number of hydrogen-bond acceptors (Lipinski definition) is 6. The van der Waals surface area contributed by atoms with Crippen LogP contribution in [-0.4, -0.2) is 24.5 Å². The number of carbonyl (C=O) groups is 2. The molecule has 0 aliphatic carbocycles. The van der Waals surface area contributed by atoms with Crippen LogP contribution in [0.15, 0.2) is 82.6 Å². The minimum atomic E-state index is -4.02. The molecule has 1 heterocycles. The van der Waals surface area contributed by atoms with Crippen LogP contribution in [-0.2, 0) is 21.5 Å². The monoisotopic (exact) mass is 483 g/mol. The first kappa shape index (κ1) is 22.8. The number of thioether (sulfide) groups is 1. The molecule has 33 heavy (non-hydrogen) atoms. The van der Waals surface area contributed by atoms with Crippen LogP contribution in [0.25, 0.3) is 6.08 Å². The zero-order chi connectivity index (χ0) is 23.6. The van der Waals surface area contributed by atoms with Crippen LogP contribution in [0, 0.1) is 12.7 Å². The van der Waals surface area contributed by atoms with E-state index in [4.69, 9.17) is 4.18 Å². The molecule has 1 fully saturated rings. The molecule has 0 atom stereocenters. The Kier molecular flexibility index (Phi) is 6.35. The normalized spacial score (nSPS) is 15.3. The lowest BCUT2D eigenvalue weighted by Gasteiger charge is -2.12. The SMILES string of the molecule is Cc1ccc(S(=O)(=O)Oc2cccc(/C=C3\SC(=O)N(Cc4ccc(F)cc4)C3=O)c2)cc1. The number of rotatable bonds is 6. The Hall–Kier alpha value is -3.43. The van der Waals surface area contributed by atoms with Crippen molar-refractivity contribution in [2.75, 3.05) is 0 Å². The Morgan fingerprint density at radius 2 is 1.70 bits per heavy atom. The van der Waals surface area contributed by atoms with E-state index in [2.05, 4.69) is 0 Å². The van der Waals surface area contributed by atoms with Crippen molar-refractivity contribution in [2.24, 2.45) is 0 Å². The van der Waals surface area contributed by atoms with Gasteiger partial charge in [-0.2, -0.15) is 8.42 Å². The van der Waals surface area contributed by atoms with Gasteiger partial charge in [-0.15, -0.1) is 0 Å². The van der Waals surface area contributed by atoms with Crippen LogP contribution >= 0.6 is 11.8 Å². The molecule has 1 aliphatic rings. The predicted molar refractivity (Wildman–Crippen MR) is 123 cm³/mol. The quantitative estimate of drug-likeness (QED) is 0.357. The lowest BCUT2D eigenvalue weighted by atomic mass is 10.2. The molecule has 1 saturated heterocycles. The third-order valence-electron chi connectivity index (χ3n) is 4.80. The molecule has 9 heteroatoms. The van der Waals surface area contributed by atoms with Crippen molar-refractivity contribution in [3.8, 4) is 5.75 Å². The van der Waals surface area contributed by atoms with Gasteiger partial charge >= 0.3 is 10.1 Å². The minimum Gasteiger partial charge on any atom is -0.379 e. The Morgan fingerprint density at radius 3 is 2.39 bits per heavy atom. The number of halogens is 1. The van der Waals surface area contributed by atoms with E-state index in [9.17, 15) is 22.4 Å². The molecule has 0 spiro atoms. The summed E-state index contributed by atoms with van der Waals surface area (Å²) < 4.78 is 43.4. The molecular formula is C24H18FNO5S2. The van der Waals surface area contributed by atoms with E-state index < -0.39 is 27.1 Å². The van der Waals surface area contributed by atoms with Crippen LogP contribution in [0.1, 0.15) is 16.7 Å². The van der Waals surface area contributed by atoms with Gasteiger partial charge in [0.15, 0.2) is 0 Å². The van der Waals surface area contributed by atoms with Crippen LogP contribution in [0.2, 0.25) is 0 Å². The van der Waals surface area contributed by atoms with E-state index in [-0.39, 0.29) is 22.1 Å². The number of aryl methyl sites for hydroxylation is 1. The summed E-state index contributed by atoms with van der Waals surface area (Å²) in [6, 6.07) is 18.0. The molecule has 2 amide bonds. The van der Waals surface area contributed by atoms with Gasteiger partial charge < -0.3 is 4.18 Å². The van der Waals surface area contributed by atoms with E-state index in [1.165, 1.54) is 54.6 Å². The first-order chi connectivity index (χ1) is 15.7. The molecule has 3 aromatic rings. The van der Waals surface area contributed by atoms with Crippen LogP contribution < -0.4 is 4.18 Å². The van der Waals surface area contributed by atoms with Crippen molar-refractivity contribution in [3.63, 3.8) is 0 Å². The average Bonchev–Trinajstić information content (AvgIpc) is 3.03. The van der Waals surface area contributed by atoms with Gasteiger partial charge in [0.2, 0.25) is 0 Å². The number of carbonyl (C=O) groups excluding carboxylic acids is 2. The summed E-state index contributed by atoms with van der Waals surface area (Å²) >= 11 is 0.782. The van der Waals surface area contributed by atoms with Gasteiger partial charge in [0.25, 0.3) is 11.1 Å². The standard InChI is InChI=1S/C24H18FNO5S2/c1-16-5-11-21(12-6-16)33(29,30)31-20-4-2-3-18(13-20)14-22-23(27)26(24(28)32-22)15-17-7-9-19(25)10-8-17/h2-14H,15H2,1H3/b22-14-. The molecule has 0 saturated carbocycles. The Bertz CT molecular complexity index is 1350. The van der Waals surface area contributed by atoms with Crippen LogP contribution in [0.5, 0.6) is 5.75 Å². The van der Waals surface area contributed by atoms with E-state index in [1.54, 1.807) is 24.3 Å². The Labute approximate surface area is 194 Å². The van der Waals surface area contributed by atoms with E-state index >= 15 is 0 Å². The molecule has 0 radical (unpaired) electrons. The molecule has 1 aliphatic heterocycles. The first-order valence-corrected chi connectivity index (χ1v) is 12.0. The molecule has 0 N–H and O–H groups in total. The second kappa shape index (κ2) is 9.21. The number of nitrogens with zero attached hydrogens (tertiary/aromatic N) is 1. The fraction of sp³-hybridized carbons (Fsp3) is 0.0833. The fourth-order valence-corrected chi connectivity index (χ4v) is 4.86. The first-order valence-electron chi connectivity index (χ1n) is 9.82. The van der Waals surface area contributed by atoms with Gasteiger partial charge in [-0.25, -0.2) is 4.39 Å². The second-order valence-electron chi connectivity index (χ2n) is 7.32.